The Labute approximate surface area is 153 Å². The van der Waals surface area contributed by atoms with Crippen molar-refractivity contribution in [1.29, 1.82) is 0 Å². The average molecular weight is 346 g/mol. The van der Waals surface area contributed by atoms with E-state index in [0.717, 1.165) is 48.2 Å². The van der Waals surface area contributed by atoms with E-state index in [1.165, 1.54) is 11.1 Å². The molecule has 2 aromatic heterocycles. The predicted molar refractivity (Wildman–Crippen MR) is 105 cm³/mol. The van der Waals surface area contributed by atoms with Crippen LogP contribution in [0.4, 0.5) is 5.69 Å². The van der Waals surface area contributed by atoms with Crippen LogP contribution in [0.15, 0.2) is 54.9 Å². The number of nitrogens with one attached hydrogen (secondary N) is 1. The summed E-state index contributed by atoms with van der Waals surface area (Å²) in [6.07, 6.45) is 8.04. The number of hydrogen-bond acceptors (Lipinski definition) is 3. The van der Waals surface area contributed by atoms with Crippen molar-refractivity contribution < 1.29 is 4.79 Å². The molecule has 0 unspecified atom stereocenters. The van der Waals surface area contributed by atoms with Gasteiger partial charge in [-0.25, -0.2) is 0 Å². The third-order valence-electron chi connectivity index (χ3n) is 4.94. The molecular formula is C21H22N4O. The minimum atomic E-state index is 0.461. The molecule has 4 rings (SSSR count). The summed E-state index contributed by atoms with van der Waals surface area (Å²) in [5, 5.41) is 1.16. The molecule has 5 nitrogen and oxygen atoms in total. The van der Waals surface area contributed by atoms with Crippen LogP contribution in [0, 0.1) is 0 Å². The van der Waals surface area contributed by atoms with Gasteiger partial charge < -0.3 is 14.8 Å². The normalized spacial score (nSPS) is 15.0. The zero-order valence-corrected chi connectivity index (χ0v) is 14.9. The first-order valence-electron chi connectivity index (χ1n) is 8.85. The molecule has 3 aromatic rings. The minimum Gasteiger partial charge on any atom is -0.361 e. The van der Waals surface area contributed by atoms with E-state index < -0.39 is 0 Å². The molecule has 0 bridgehead atoms. The van der Waals surface area contributed by atoms with Gasteiger partial charge in [-0.2, -0.15) is 0 Å². The summed E-state index contributed by atoms with van der Waals surface area (Å²) in [5.74, 6) is 0. The summed E-state index contributed by atoms with van der Waals surface area (Å²) in [6, 6.07) is 11.9. The third kappa shape index (κ3) is 3.26. The number of carbonyl (C=O) groups is 1. The van der Waals surface area contributed by atoms with E-state index in [1.807, 2.05) is 30.3 Å². The van der Waals surface area contributed by atoms with Gasteiger partial charge in [-0.15, -0.1) is 0 Å². The van der Waals surface area contributed by atoms with E-state index in [9.17, 15) is 4.79 Å². The lowest BCUT2D eigenvalue weighted by molar-refractivity contribution is -0.107. The fraction of sp³-hybridized carbons (Fsp3) is 0.238. The maximum Gasteiger partial charge on any atom is 0.214 e. The Hall–Kier alpha value is -2.92. The molecule has 0 aliphatic carbocycles. The van der Waals surface area contributed by atoms with Crippen LogP contribution in [-0.4, -0.2) is 41.4 Å². The molecule has 0 saturated carbocycles. The van der Waals surface area contributed by atoms with Gasteiger partial charge in [0.2, 0.25) is 6.41 Å². The topological polar surface area (TPSA) is 52.2 Å². The standard InChI is InChI=1S/C21H22N4O/c1-24-10-7-16(8-11-24)20-13-23-21-6-5-18(12-19(20)21)25(15-26)14-17-4-2-3-9-22-17/h2-7,9,12-13,15,23H,8,10-11,14H2,1H3. The fourth-order valence-corrected chi connectivity index (χ4v) is 3.42. The van der Waals surface area contributed by atoms with E-state index in [-0.39, 0.29) is 0 Å². The highest BCUT2D eigenvalue weighted by Crippen LogP contribution is 2.31. The average Bonchev–Trinajstić information content (AvgIpc) is 3.11. The Morgan fingerprint density at radius 3 is 2.96 bits per heavy atom. The number of aromatic nitrogens is 2. The Kier molecular flexibility index (Phi) is 4.54. The van der Waals surface area contributed by atoms with Crippen LogP contribution in [0.5, 0.6) is 0 Å². The number of aromatic amines is 1. The lowest BCUT2D eigenvalue weighted by Gasteiger charge is -2.22. The van der Waals surface area contributed by atoms with Crippen molar-refractivity contribution in [3.8, 4) is 0 Å². The number of pyridine rings is 1. The molecule has 1 aliphatic heterocycles. The number of H-pyrrole nitrogens is 1. The van der Waals surface area contributed by atoms with Crippen LogP contribution in [0.1, 0.15) is 17.7 Å². The van der Waals surface area contributed by atoms with Gasteiger partial charge in [-0.1, -0.05) is 12.1 Å². The van der Waals surface area contributed by atoms with E-state index in [1.54, 1.807) is 11.1 Å². The third-order valence-corrected chi connectivity index (χ3v) is 4.94. The van der Waals surface area contributed by atoms with Crippen molar-refractivity contribution in [2.45, 2.75) is 13.0 Å². The summed E-state index contributed by atoms with van der Waals surface area (Å²) < 4.78 is 0. The Bertz CT molecular complexity index is 945. The van der Waals surface area contributed by atoms with Gasteiger partial charge in [0.05, 0.1) is 12.2 Å². The summed E-state index contributed by atoms with van der Waals surface area (Å²) in [4.78, 5) is 23.4. The van der Waals surface area contributed by atoms with Crippen molar-refractivity contribution in [3.63, 3.8) is 0 Å². The summed E-state index contributed by atoms with van der Waals surface area (Å²) in [6.45, 7) is 2.50. The number of anilines is 1. The predicted octanol–water partition coefficient (Wildman–Crippen LogP) is 3.44. The summed E-state index contributed by atoms with van der Waals surface area (Å²) >= 11 is 0. The van der Waals surface area contributed by atoms with Gasteiger partial charge in [-0.05, 0) is 49.4 Å². The van der Waals surface area contributed by atoms with Crippen LogP contribution in [0.25, 0.3) is 16.5 Å². The van der Waals surface area contributed by atoms with Crippen LogP contribution >= 0.6 is 0 Å². The largest absolute Gasteiger partial charge is 0.361 e. The van der Waals surface area contributed by atoms with Crippen molar-refractivity contribution in [2.24, 2.45) is 0 Å². The summed E-state index contributed by atoms with van der Waals surface area (Å²) in [5.41, 5.74) is 5.44. The zero-order chi connectivity index (χ0) is 17.9. The molecule has 0 radical (unpaired) electrons. The van der Waals surface area contributed by atoms with Crippen molar-refractivity contribution in [2.75, 3.05) is 25.0 Å². The quantitative estimate of drug-likeness (QED) is 0.720. The first-order chi connectivity index (χ1) is 12.7. The SMILES string of the molecule is CN1CC=C(c2c[nH]c3ccc(N(C=O)Cc4ccccn4)cc23)CC1. The molecule has 1 aromatic carbocycles. The molecule has 26 heavy (non-hydrogen) atoms. The van der Waals surface area contributed by atoms with Gasteiger partial charge in [0, 0.05) is 47.6 Å². The van der Waals surface area contributed by atoms with E-state index in [0.29, 0.717) is 6.54 Å². The first-order valence-corrected chi connectivity index (χ1v) is 8.85. The molecule has 132 valence electrons. The highest BCUT2D eigenvalue weighted by Gasteiger charge is 2.15. The molecule has 3 heterocycles. The smallest absolute Gasteiger partial charge is 0.214 e. The molecule has 1 aliphatic rings. The molecule has 5 heteroatoms. The van der Waals surface area contributed by atoms with Crippen LogP contribution < -0.4 is 4.90 Å². The van der Waals surface area contributed by atoms with Gasteiger partial charge in [0.1, 0.15) is 0 Å². The minimum absolute atomic E-state index is 0.461. The van der Waals surface area contributed by atoms with E-state index in [2.05, 4.69) is 40.3 Å². The zero-order valence-electron chi connectivity index (χ0n) is 14.9. The molecule has 1 N–H and O–H groups in total. The second-order valence-corrected chi connectivity index (χ2v) is 6.73. The van der Waals surface area contributed by atoms with Crippen molar-refractivity contribution in [3.05, 3.63) is 66.1 Å². The maximum atomic E-state index is 11.7. The second kappa shape index (κ2) is 7.14. The number of nitrogens with zero attached hydrogens (tertiary/aromatic N) is 3. The number of amides is 1. The van der Waals surface area contributed by atoms with Crippen LogP contribution in [0.2, 0.25) is 0 Å². The number of likely N-dealkylation sites (N-methyl/N-ethyl adjacent to an activating group) is 1. The molecule has 0 saturated heterocycles. The van der Waals surface area contributed by atoms with Gasteiger partial charge in [0.15, 0.2) is 0 Å². The second-order valence-electron chi connectivity index (χ2n) is 6.73. The van der Waals surface area contributed by atoms with Gasteiger partial charge in [-0.3, -0.25) is 9.78 Å². The van der Waals surface area contributed by atoms with Crippen LogP contribution in [0.3, 0.4) is 0 Å². The summed E-state index contributed by atoms with van der Waals surface area (Å²) in [7, 11) is 2.14. The Morgan fingerprint density at radius 1 is 1.31 bits per heavy atom. The van der Waals surface area contributed by atoms with Crippen LogP contribution in [-0.2, 0) is 11.3 Å². The monoisotopic (exact) mass is 346 g/mol. The van der Waals surface area contributed by atoms with E-state index >= 15 is 0 Å². The first kappa shape index (κ1) is 16.5. The molecule has 0 fully saturated rings. The maximum absolute atomic E-state index is 11.7. The molecule has 1 amide bonds. The number of rotatable bonds is 5. The van der Waals surface area contributed by atoms with Crippen molar-refractivity contribution >= 4 is 28.6 Å². The number of benzene rings is 1. The number of fused-ring (bicyclic) bond motifs is 1. The van der Waals surface area contributed by atoms with Crippen molar-refractivity contribution in [1.82, 2.24) is 14.9 Å². The highest BCUT2D eigenvalue weighted by molar-refractivity contribution is 5.96. The fourth-order valence-electron chi connectivity index (χ4n) is 3.42. The highest BCUT2D eigenvalue weighted by atomic mass is 16.1. The van der Waals surface area contributed by atoms with Gasteiger partial charge >= 0.3 is 0 Å². The lowest BCUT2D eigenvalue weighted by Crippen LogP contribution is -2.23. The Morgan fingerprint density at radius 2 is 2.23 bits per heavy atom. The van der Waals surface area contributed by atoms with E-state index in [4.69, 9.17) is 0 Å². The van der Waals surface area contributed by atoms with Gasteiger partial charge in [0.25, 0.3) is 0 Å². The molecule has 0 atom stereocenters. The lowest BCUT2D eigenvalue weighted by atomic mass is 9.99. The Balaban J connectivity index is 1.68. The molecule has 0 spiro atoms. The number of hydrogen-bond donors (Lipinski definition) is 1. The number of carbonyl (C=O) groups excluding carboxylic acids is 1. The molecular weight excluding hydrogens is 324 g/mol.